The molecular formula is C21H22ClN3O2. The fourth-order valence-corrected chi connectivity index (χ4v) is 3.76. The standard InChI is InChI=1S/C21H22ClN3O2/c1-13-10-15(6-8-23-13)21-17-7-9-27-14(2)11-19(17)25(24-21)16-4-5-18(22)20(12-16)26-3/h4-6,8,10,12,14H,7,9,11H2,1-3H3/t14-/m1/s1. The Morgan fingerprint density at radius 1 is 1.26 bits per heavy atom. The van der Waals surface area contributed by atoms with Crippen LogP contribution in [0.5, 0.6) is 5.75 Å². The van der Waals surface area contributed by atoms with Crippen LogP contribution < -0.4 is 4.74 Å². The van der Waals surface area contributed by atoms with Gasteiger partial charge in [-0.2, -0.15) is 5.10 Å². The summed E-state index contributed by atoms with van der Waals surface area (Å²) in [6, 6.07) is 9.82. The minimum atomic E-state index is 0.142. The van der Waals surface area contributed by atoms with Crippen LogP contribution >= 0.6 is 11.6 Å². The van der Waals surface area contributed by atoms with Crippen molar-refractivity contribution in [3.8, 4) is 22.7 Å². The third-order valence-corrected chi connectivity index (χ3v) is 5.19. The highest BCUT2D eigenvalue weighted by Crippen LogP contribution is 2.33. The number of halogens is 1. The molecule has 0 aliphatic carbocycles. The molecule has 1 aromatic carbocycles. The van der Waals surface area contributed by atoms with Crippen LogP contribution in [0.4, 0.5) is 0 Å². The molecule has 0 unspecified atom stereocenters. The highest BCUT2D eigenvalue weighted by atomic mass is 35.5. The van der Waals surface area contributed by atoms with Gasteiger partial charge in [-0.3, -0.25) is 4.98 Å². The number of aryl methyl sites for hydroxylation is 1. The molecule has 5 nitrogen and oxygen atoms in total. The van der Waals surface area contributed by atoms with Gasteiger partial charge in [-0.25, -0.2) is 4.68 Å². The molecule has 140 valence electrons. The molecule has 0 saturated heterocycles. The lowest BCUT2D eigenvalue weighted by molar-refractivity contribution is 0.0735. The summed E-state index contributed by atoms with van der Waals surface area (Å²) in [5, 5.41) is 5.57. The molecule has 0 spiro atoms. The summed E-state index contributed by atoms with van der Waals surface area (Å²) in [7, 11) is 1.62. The zero-order chi connectivity index (χ0) is 19.0. The van der Waals surface area contributed by atoms with Gasteiger partial charge in [0, 0.05) is 35.5 Å². The Morgan fingerprint density at radius 2 is 2.11 bits per heavy atom. The Bertz CT molecular complexity index is 984. The Labute approximate surface area is 163 Å². The van der Waals surface area contributed by atoms with E-state index >= 15 is 0 Å². The van der Waals surface area contributed by atoms with Crippen LogP contribution in [0.2, 0.25) is 5.02 Å². The molecule has 0 saturated carbocycles. The molecule has 0 N–H and O–H groups in total. The first-order valence-corrected chi connectivity index (χ1v) is 9.44. The van der Waals surface area contributed by atoms with Gasteiger partial charge < -0.3 is 9.47 Å². The lowest BCUT2D eigenvalue weighted by Gasteiger charge is -2.12. The highest BCUT2D eigenvalue weighted by molar-refractivity contribution is 6.32. The molecule has 0 fully saturated rings. The SMILES string of the molecule is COc1cc(-n2nc(-c3ccnc(C)c3)c3c2C[C@@H](C)OCC3)ccc1Cl. The zero-order valence-electron chi connectivity index (χ0n) is 15.7. The van der Waals surface area contributed by atoms with Gasteiger partial charge in [-0.1, -0.05) is 11.6 Å². The molecule has 1 atom stereocenters. The topological polar surface area (TPSA) is 49.2 Å². The van der Waals surface area contributed by atoms with Gasteiger partial charge in [-0.15, -0.1) is 0 Å². The summed E-state index contributed by atoms with van der Waals surface area (Å²) in [5.41, 5.74) is 6.38. The van der Waals surface area contributed by atoms with E-state index in [1.807, 2.05) is 42.1 Å². The molecule has 0 amide bonds. The van der Waals surface area contributed by atoms with Crippen molar-refractivity contribution in [2.45, 2.75) is 32.8 Å². The number of pyridine rings is 1. The van der Waals surface area contributed by atoms with Crippen molar-refractivity contribution in [2.24, 2.45) is 0 Å². The van der Waals surface area contributed by atoms with Crippen molar-refractivity contribution in [3.05, 3.63) is 58.5 Å². The second kappa shape index (κ2) is 7.33. The van der Waals surface area contributed by atoms with E-state index in [2.05, 4.69) is 18.0 Å². The van der Waals surface area contributed by atoms with Crippen molar-refractivity contribution < 1.29 is 9.47 Å². The van der Waals surface area contributed by atoms with Crippen LogP contribution in [0.1, 0.15) is 23.9 Å². The molecule has 27 heavy (non-hydrogen) atoms. The molecule has 2 aromatic heterocycles. The third kappa shape index (κ3) is 3.45. The number of rotatable bonds is 3. The van der Waals surface area contributed by atoms with E-state index in [1.165, 1.54) is 11.3 Å². The van der Waals surface area contributed by atoms with E-state index in [9.17, 15) is 0 Å². The van der Waals surface area contributed by atoms with Crippen molar-refractivity contribution in [2.75, 3.05) is 13.7 Å². The Morgan fingerprint density at radius 3 is 2.89 bits per heavy atom. The summed E-state index contributed by atoms with van der Waals surface area (Å²) in [5.74, 6) is 0.637. The summed E-state index contributed by atoms with van der Waals surface area (Å²) in [4.78, 5) is 4.31. The van der Waals surface area contributed by atoms with Crippen molar-refractivity contribution in [3.63, 3.8) is 0 Å². The lowest BCUT2D eigenvalue weighted by Crippen LogP contribution is -2.13. The van der Waals surface area contributed by atoms with Crippen molar-refractivity contribution >= 4 is 11.6 Å². The second-order valence-electron chi connectivity index (χ2n) is 6.83. The maximum absolute atomic E-state index is 6.21. The number of benzene rings is 1. The van der Waals surface area contributed by atoms with Crippen LogP contribution in [0.25, 0.3) is 16.9 Å². The fraction of sp³-hybridized carbons (Fsp3) is 0.333. The average Bonchev–Trinajstić information content (AvgIpc) is 2.89. The van der Waals surface area contributed by atoms with Crippen LogP contribution in [0.3, 0.4) is 0 Å². The normalized spacial score (nSPS) is 16.7. The van der Waals surface area contributed by atoms with E-state index < -0.39 is 0 Å². The summed E-state index contributed by atoms with van der Waals surface area (Å²) < 4.78 is 13.3. The van der Waals surface area contributed by atoms with Gasteiger partial charge in [-0.05, 0) is 44.5 Å². The number of nitrogens with zero attached hydrogens (tertiary/aromatic N) is 3. The van der Waals surface area contributed by atoms with E-state index in [-0.39, 0.29) is 6.10 Å². The van der Waals surface area contributed by atoms with Crippen molar-refractivity contribution in [1.82, 2.24) is 14.8 Å². The van der Waals surface area contributed by atoms with Crippen LogP contribution in [0.15, 0.2) is 36.5 Å². The number of hydrogen-bond acceptors (Lipinski definition) is 4. The molecule has 6 heteroatoms. The van der Waals surface area contributed by atoms with Gasteiger partial charge in [0.25, 0.3) is 0 Å². The van der Waals surface area contributed by atoms with Crippen LogP contribution in [-0.2, 0) is 17.6 Å². The number of hydrogen-bond donors (Lipinski definition) is 0. The number of fused-ring (bicyclic) bond motifs is 1. The molecule has 3 aromatic rings. The molecule has 1 aliphatic heterocycles. The summed E-state index contributed by atoms with van der Waals surface area (Å²) in [6.45, 7) is 4.79. The van der Waals surface area contributed by atoms with Gasteiger partial charge in [0.1, 0.15) is 5.75 Å². The summed E-state index contributed by atoms with van der Waals surface area (Å²) >= 11 is 6.21. The maximum Gasteiger partial charge on any atom is 0.139 e. The Hall–Kier alpha value is -2.37. The predicted molar refractivity (Wildman–Crippen MR) is 106 cm³/mol. The molecule has 1 aliphatic rings. The quantitative estimate of drug-likeness (QED) is 0.672. The van der Waals surface area contributed by atoms with E-state index in [1.54, 1.807) is 7.11 Å². The summed E-state index contributed by atoms with van der Waals surface area (Å²) in [6.07, 6.45) is 3.61. The lowest BCUT2D eigenvalue weighted by atomic mass is 10.0. The average molecular weight is 384 g/mol. The highest BCUT2D eigenvalue weighted by Gasteiger charge is 2.25. The maximum atomic E-state index is 6.21. The first-order chi connectivity index (χ1) is 13.1. The minimum Gasteiger partial charge on any atom is -0.495 e. The molecule has 0 radical (unpaired) electrons. The predicted octanol–water partition coefficient (Wildman–Crippen LogP) is 4.41. The van der Waals surface area contributed by atoms with E-state index in [4.69, 9.17) is 26.2 Å². The molecule has 3 heterocycles. The minimum absolute atomic E-state index is 0.142. The van der Waals surface area contributed by atoms with E-state index in [0.717, 1.165) is 35.5 Å². The second-order valence-corrected chi connectivity index (χ2v) is 7.23. The van der Waals surface area contributed by atoms with Gasteiger partial charge >= 0.3 is 0 Å². The van der Waals surface area contributed by atoms with E-state index in [0.29, 0.717) is 17.4 Å². The molecule has 0 bridgehead atoms. The van der Waals surface area contributed by atoms with Gasteiger partial charge in [0.15, 0.2) is 0 Å². The first-order valence-electron chi connectivity index (χ1n) is 9.06. The Balaban J connectivity index is 1.92. The third-order valence-electron chi connectivity index (χ3n) is 4.87. The van der Waals surface area contributed by atoms with Crippen LogP contribution in [-0.4, -0.2) is 34.6 Å². The Kier molecular flexibility index (Phi) is 4.89. The largest absolute Gasteiger partial charge is 0.495 e. The van der Waals surface area contributed by atoms with Crippen molar-refractivity contribution in [1.29, 1.82) is 0 Å². The first kappa shape index (κ1) is 18.0. The fourth-order valence-electron chi connectivity index (χ4n) is 3.57. The van der Waals surface area contributed by atoms with Crippen LogP contribution in [0, 0.1) is 6.92 Å². The smallest absolute Gasteiger partial charge is 0.139 e. The zero-order valence-corrected chi connectivity index (χ0v) is 16.5. The monoisotopic (exact) mass is 383 g/mol. The number of ether oxygens (including phenoxy) is 2. The number of methoxy groups -OCH3 is 1. The van der Waals surface area contributed by atoms with Gasteiger partial charge in [0.2, 0.25) is 0 Å². The molecular weight excluding hydrogens is 362 g/mol. The number of aromatic nitrogens is 3. The molecule has 4 rings (SSSR count). The van der Waals surface area contributed by atoms with Gasteiger partial charge in [0.05, 0.1) is 41.9 Å².